The third-order valence-corrected chi connectivity index (χ3v) is 3.71. The van der Waals surface area contributed by atoms with Gasteiger partial charge in [0.2, 0.25) is 0 Å². The quantitative estimate of drug-likeness (QED) is 0.925. The number of benzene rings is 1. The molecular weight excluding hydrogens is 292 g/mol. The molecule has 0 bridgehead atoms. The Hall–Kier alpha value is -1.14. The summed E-state index contributed by atoms with van der Waals surface area (Å²) in [7, 11) is -3.26. The van der Waals surface area contributed by atoms with Crippen LogP contribution in [0.5, 0.6) is 0 Å². The zero-order chi connectivity index (χ0) is 11.8. The maximum absolute atomic E-state index is 11.5. The molecule has 0 saturated carbocycles. The highest BCUT2D eigenvalue weighted by atomic mass is 79.9. The smallest absolute Gasteiger partial charge is 0.179 e. The second-order valence-electron chi connectivity index (χ2n) is 3.38. The first kappa shape index (κ1) is 11.3. The van der Waals surface area contributed by atoms with Gasteiger partial charge in [0.25, 0.3) is 0 Å². The highest BCUT2D eigenvalue weighted by molar-refractivity contribution is 9.10. The number of nitrogens with one attached hydrogen (secondary N) is 1. The molecule has 0 fully saturated rings. The van der Waals surface area contributed by atoms with Crippen LogP contribution in [0.15, 0.2) is 39.8 Å². The van der Waals surface area contributed by atoms with Gasteiger partial charge in [-0.15, -0.1) is 0 Å². The standard InChI is InChI=1S/C10H9BrN2O2S/c1-16(14,15)9-6-12-13-10(9)7-3-2-4-8(11)5-7/h2-6H,1H3,(H,12,13). The Morgan fingerprint density at radius 1 is 1.38 bits per heavy atom. The monoisotopic (exact) mass is 300 g/mol. The highest BCUT2D eigenvalue weighted by Gasteiger charge is 2.17. The molecule has 0 atom stereocenters. The minimum Gasteiger partial charge on any atom is -0.284 e. The van der Waals surface area contributed by atoms with Crippen molar-refractivity contribution < 1.29 is 8.42 Å². The van der Waals surface area contributed by atoms with E-state index in [-0.39, 0.29) is 4.90 Å². The number of aromatic nitrogens is 2. The van der Waals surface area contributed by atoms with Gasteiger partial charge in [-0.3, -0.25) is 5.10 Å². The Kier molecular flexibility index (Phi) is 2.86. The van der Waals surface area contributed by atoms with E-state index < -0.39 is 9.84 Å². The van der Waals surface area contributed by atoms with Gasteiger partial charge >= 0.3 is 0 Å². The predicted octanol–water partition coefficient (Wildman–Crippen LogP) is 2.24. The summed E-state index contributed by atoms with van der Waals surface area (Å²) >= 11 is 3.34. The molecule has 6 heteroatoms. The van der Waals surface area contributed by atoms with Crippen molar-refractivity contribution in [3.63, 3.8) is 0 Å². The number of aromatic amines is 1. The van der Waals surface area contributed by atoms with Crippen molar-refractivity contribution in [1.82, 2.24) is 10.2 Å². The number of nitrogens with zero attached hydrogens (tertiary/aromatic N) is 1. The van der Waals surface area contributed by atoms with E-state index in [0.717, 1.165) is 10.0 Å². The van der Waals surface area contributed by atoms with Crippen LogP contribution >= 0.6 is 15.9 Å². The molecule has 0 aliphatic rings. The maximum atomic E-state index is 11.5. The second-order valence-corrected chi connectivity index (χ2v) is 6.28. The van der Waals surface area contributed by atoms with Gasteiger partial charge in [-0.05, 0) is 12.1 Å². The Morgan fingerprint density at radius 3 is 2.75 bits per heavy atom. The number of hydrogen-bond donors (Lipinski definition) is 1. The van der Waals surface area contributed by atoms with Crippen LogP contribution in [0, 0.1) is 0 Å². The van der Waals surface area contributed by atoms with Crippen molar-refractivity contribution in [1.29, 1.82) is 0 Å². The SMILES string of the molecule is CS(=O)(=O)c1c[nH]nc1-c1cccc(Br)c1. The number of sulfone groups is 1. The molecule has 0 aliphatic heterocycles. The lowest BCUT2D eigenvalue weighted by Crippen LogP contribution is -1.97. The third kappa shape index (κ3) is 2.17. The van der Waals surface area contributed by atoms with Crippen LogP contribution in [0.3, 0.4) is 0 Å². The third-order valence-electron chi connectivity index (χ3n) is 2.10. The molecule has 0 aliphatic carbocycles. The molecule has 84 valence electrons. The Balaban J connectivity index is 2.62. The zero-order valence-electron chi connectivity index (χ0n) is 8.44. The van der Waals surface area contributed by atoms with E-state index in [4.69, 9.17) is 0 Å². The van der Waals surface area contributed by atoms with E-state index in [1.165, 1.54) is 12.5 Å². The number of H-pyrrole nitrogens is 1. The molecule has 2 aromatic rings. The fourth-order valence-electron chi connectivity index (χ4n) is 1.40. The van der Waals surface area contributed by atoms with E-state index in [2.05, 4.69) is 26.1 Å². The van der Waals surface area contributed by atoms with Crippen molar-refractivity contribution >= 4 is 25.8 Å². The molecule has 16 heavy (non-hydrogen) atoms. The lowest BCUT2D eigenvalue weighted by atomic mass is 10.2. The number of hydrogen-bond acceptors (Lipinski definition) is 3. The largest absolute Gasteiger partial charge is 0.284 e. The average Bonchev–Trinajstić information content (AvgIpc) is 2.65. The fraction of sp³-hybridized carbons (Fsp3) is 0.100. The Labute approximate surface area is 102 Å². The first-order valence-corrected chi connectivity index (χ1v) is 7.17. The van der Waals surface area contributed by atoms with Gasteiger partial charge in [-0.2, -0.15) is 5.10 Å². The zero-order valence-corrected chi connectivity index (χ0v) is 10.8. The average molecular weight is 301 g/mol. The predicted molar refractivity (Wildman–Crippen MR) is 64.8 cm³/mol. The van der Waals surface area contributed by atoms with E-state index in [1.54, 1.807) is 0 Å². The minimum atomic E-state index is -3.26. The van der Waals surface area contributed by atoms with Crippen LogP contribution in [0.2, 0.25) is 0 Å². The molecule has 0 amide bonds. The van der Waals surface area contributed by atoms with E-state index in [0.29, 0.717) is 5.69 Å². The first-order chi connectivity index (χ1) is 7.48. The summed E-state index contributed by atoms with van der Waals surface area (Å²) < 4.78 is 23.9. The van der Waals surface area contributed by atoms with E-state index >= 15 is 0 Å². The molecule has 0 radical (unpaired) electrons. The molecule has 0 spiro atoms. The summed E-state index contributed by atoms with van der Waals surface area (Å²) in [6, 6.07) is 7.34. The topological polar surface area (TPSA) is 62.8 Å². The van der Waals surface area contributed by atoms with Crippen LogP contribution in [0.1, 0.15) is 0 Å². The Bertz CT molecular complexity index is 619. The lowest BCUT2D eigenvalue weighted by molar-refractivity contribution is 0.602. The van der Waals surface area contributed by atoms with Crippen LogP contribution in [-0.2, 0) is 9.84 Å². The molecule has 2 rings (SSSR count). The molecule has 4 nitrogen and oxygen atoms in total. The van der Waals surface area contributed by atoms with E-state index in [1.807, 2.05) is 24.3 Å². The highest BCUT2D eigenvalue weighted by Crippen LogP contribution is 2.26. The van der Waals surface area contributed by atoms with Gasteiger partial charge in [-0.1, -0.05) is 28.1 Å². The van der Waals surface area contributed by atoms with Crippen LogP contribution in [0.25, 0.3) is 11.3 Å². The van der Waals surface area contributed by atoms with Crippen molar-refractivity contribution in [3.8, 4) is 11.3 Å². The minimum absolute atomic E-state index is 0.214. The summed E-state index contributed by atoms with van der Waals surface area (Å²) in [6.45, 7) is 0. The summed E-state index contributed by atoms with van der Waals surface area (Å²) in [5, 5.41) is 6.55. The van der Waals surface area contributed by atoms with Crippen molar-refractivity contribution in [2.24, 2.45) is 0 Å². The molecule has 1 N–H and O–H groups in total. The van der Waals surface area contributed by atoms with Crippen LogP contribution in [-0.4, -0.2) is 24.9 Å². The normalized spacial score (nSPS) is 11.6. The van der Waals surface area contributed by atoms with Gasteiger partial charge in [0.1, 0.15) is 10.6 Å². The lowest BCUT2D eigenvalue weighted by Gasteiger charge is -2.00. The van der Waals surface area contributed by atoms with E-state index in [9.17, 15) is 8.42 Å². The molecule has 1 aromatic heterocycles. The van der Waals surface area contributed by atoms with Gasteiger partial charge < -0.3 is 0 Å². The second kappa shape index (κ2) is 4.03. The summed E-state index contributed by atoms with van der Waals surface area (Å²) in [4.78, 5) is 0.214. The molecule has 0 saturated heterocycles. The number of rotatable bonds is 2. The fourth-order valence-corrected chi connectivity index (χ4v) is 2.58. The molecular formula is C10H9BrN2O2S. The molecule has 1 aromatic carbocycles. The Morgan fingerprint density at radius 2 is 2.12 bits per heavy atom. The van der Waals surface area contributed by atoms with Gasteiger partial charge in [-0.25, -0.2) is 8.42 Å². The summed E-state index contributed by atoms with van der Waals surface area (Å²) in [6.07, 6.45) is 2.56. The molecule has 1 heterocycles. The van der Waals surface area contributed by atoms with Crippen LogP contribution in [0.4, 0.5) is 0 Å². The van der Waals surface area contributed by atoms with Gasteiger partial charge in [0.15, 0.2) is 9.84 Å². The van der Waals surface area contributed by atoms with Gasteiger partial charge in [0, 0.05) is 22.5 Å². The summed E-state index contributed by atoms with van der Waals surface area (Å²) in [5.74, 6) is 0. The van der Waals surface area contributed by atoms with Crippen LogP contribution < -0.4 is 0 Å². The first-order valence-electron chi connectivity index (χ1n) is 4.48. The maximum Gasteiger partial charge on any atom is 0.179 e. The van der Waals surface area contributed by atoms with Gasteiger partial charge in [0.05, 0.1) is 0 Å². The summed E-state index contributed by atoms with van der Waals surface area (Å²) in [5.41, 5.74) is 1.21. The number of halogens is 1. The van der Waals surface area contributed by atoms with Crippen molar-refractivity contribution in [2.75, 3.05) is 6.26 Å². The van der Waals surface area contributed by atoms with Crippen molar-refractivity contribution in [3.05, 3.63) is 34.9 Å². The van der Waals surface area contributed by atoms with Crippen molar-refractivity contribution in [2.45, 2.75) is 4.90 Å². The molecule has 0 unspecified atom stereocenters.